The lowest BCUT2D eigenvalue weighted by Gasteiger charge is -2.35. The molecule has 3 heterocycles. The molecule has 3 aromatic rings. The minimum atomic E-state index is -1.27. The van der Waals surface area contributed by atoms with Gasteiger partial charge in [0.2, 0.25) is 5.91 Å². The number of benzene rings is 2. The van der Waals surface area contributed by atoms with Crippen molar-refractivity contribution in [2.45, 2.75) is 11.5 Å². The molecular weight excluding hydrogens is 423 g/mol. The minimum absolute atomic E-state index is 0.110. The Bertz CT molecular complexity index is 1150. The molecule has 152 valence electrons. The van der Waals surface area contributed by atoms with Gasteiger partial charge in [-0.05, 0) is 54.4 Å². The number of nitrogens with one attached hydrogen (secondary N) is 1. The number of halogens is 2. The van der Waals surface area contributed by atoms with Crippen molar-refractivity contribution in [3.8, 4) is 0 Å². The van der Waals surface area contributed by atoms with Crippen LogP contribution in [-0.2, 0) is 10.3 Å². The van der Waals surface area contributed by atoms with Crippen LogP contribution in [0.4, 0.5) is 10.1 Å². The first-order chi connectivity index (χ1) is 14.4. The van der Waals surface area contributed by atoms with Gasteiger partial charge in [0.1, 0.15) is 11.4 Å². The van der Waals surface area contributed by atoms with Gasteiger partial charge in [-0.3, -0.25) is 14.5 Å². The van der Waals surface area contributed by atoms with Crippen molar-refractivity contribution in [2.24, 2.45) is 5.92 Å². The summed E-state index contributed by atoms with van der Waals surface area (Å²) in [4.78, 5) is 29.7. The molecule has 2 aliphatic heterocycles. The highest BCUT2D eigenvalue weighted by Crippen LogP contribution is 2.55. The molecule has 1 amide bonds. The van der Waals surface area contributed by atoms with Crippen LogP contribution in [-0.4, -0.2) is 30.2 Å². The number of rotatable bonds is 3. The zero-order valence-electron chi connectivity index (χ0n) is 16.1. The molecule has 0 saturated carbocycles. The molecule has 1 unspecified atom stereocenters. The number of likely N-dealkylation sites (N-methyl/N-ethyl adjacent to an activating group) is 1. The molecule has 0 bridgehead atoms. The van der Waals surface area contributed by atoms with Crippen LogP contribution < -0.4 is 5.32 Å². The zero-order chi connectivity index (χ0) is 21.0. The number of fused-ring (bicyclic) bond motifs is 2. The van der Waals surface area contributed by atoms with Gasteiger partial charge in [0.25, 0.3) is 0 Å². The van der Waals surface area contributed by atoms with E-state index in [0.29, 0.717) is 27.7 Å². The van der Waals surface area contributed by atoms with Crippen LogP contribution in [0.15, 0.2) is 60.0 Å². The van der Waals surface area contributed by atoms with Crippen LogP contribution in [0.2, 0.25) is 5.02 Å². The number of ketones is 1. The van der Waals surface area contributed by atoms with E-state index in [1.165, 1.54) is 23.5 Å². The predicted molar refractivity (Wildman–Crippen MR) is 116 cm³/mol. The molecule has 1 saturated heterocycles. The van der Waals surface area contributed by atoms with Gasteiger partial charge in [-0.15, -0.1) is 11.3 Å². The maximum absolute atomic E-state index is 14.3. The van der Waals surface area contributed by atoms with Crippen LogP contribution in [0.5, 0.6) is 0 Å². The topological polar surface area (TPSA) is 49.4 Å². The first-order valence-electron chi connectivity index (χ1n) is 9.59. The van der Waals surface area contributed by atoms with Crippen molar-refractivity contribution in [1.82, 2.24) is 4.90 Å². The second-order valence-electron chi connectivity index (χ2n) is 7.77. The van der Waals surface area contributed by atoms with E-state index in [2.05, 4.69) is 5.32 Å². The third-order valence-corrected chi connectivity index (χ3v) is 7.39. The molecule has 1 fully saturated rings. The fourth-order valence-corrected chi connectivity index (χ4v) is 5.82. The summed E-state index contributed by atoms with van der Waals surface area (Å²) in [5.41, 5.74) is 0.717. The van der Waals surface area contributed by atoms with Crippen LogP contribution in [0.3, 0.4) is 0 Å². The van der Waals surface area contributed by atoms with Crippen LogP contribution >= 0.6 is 22.9 Å². The standard InChI is InChI=1S/C23H18ClFN2O2S/c1-27-12-16(13-4-6-14(24)7-5-13)20(21(28)19-3-2-10-30-19)23(27)17-11-15(25)8-9-18(17)26-22(23)29/h2-11,16,20H,12H2,1H3,(H,26,29)/t16-,20?,23-/m1/s1. The molecule has 4 nitrogen and oxygen atoms in total. The molecule has 2 aromatic carbocycles. The van der Waals surface area contributed by atoms with Crippen molar-refractivity contribution < 1.29 is 14.0 Å². The van der Waals surface area contributed by atoms with E-state index in [-0.39, 0.29) is 17.6 Å². The number of Topliss-reactive ketones (excluding diaryl/α,β-unsaturated/α-hetero) is 1. The van der Waals surface area contributed by atoms with Crippen LogP contribution in [0.25, 0.3) is 0 Å². The van der Waals surface area contributed by atoms with E-state index >= 15 is 0 Å². The van der Waals surface area contributed by atoms with Crippen molar-refractivity contribution in [2.75, 3.05) is 18.9 Å². The molecule has 1 aromatic heterocycles. The van der Waals surface area contributed by atoms with Gasteiger partial charge in [-0.2, -0.15) is 0 Å². The Morgan fingerprint density at radius 2 is 2.00 bits per heavy atom. The Hall–Kier alpha value is -2.54. The van der Waals surface area contributed by atoms with Crippen molar-refractivity contribution >= 4 is 40.3 Å². The number of amides is 1. The summed E-state index contributed by atoms with van der Waals surface area (Å²) in [6.07, 6.45) is 0. The summed E-state index contributed by atoms with van der Waals surface area (Å²) in [5.74, 6) is -1.79. The Labute approximate surface area is 182 Å². The largest absolute Gasteiger partial charge is 0.324 e. The second-order valence-corrected chi connectivity index (χ2v) is 9.15. The summed E-state index contributed by atoms with van der Waals surface area (Å²) in [6.45, 7) is 0.479. The molecule has 0 radical (unpaired) electrons. The number of anilines is 1. The molecule has 7 heteroatoms. The summed E-state index contributed by atoms with van der Waals surface area (Å²) < 4.78 is 14.3. The summed E-state index contributed by atoms with van der Waals surface area (Å²) in [7, 11) is 1.82. The Morgan fingerprint density at radius 1 is 1.23 bits per heavy atom. The lowest BCUT2D eigenvalue weighted by Crippen LogP contribution is -2.51. The van der Waals surface area contributed by atoms with Gasteiger partial charge in [-0.1, -0.05) is 29.8 Å². The molecular formula is C23H18ClFN2O2S. The molecule has 1 N–H and O–H groups in total. The average molecular weight is 441 g/mol. The van der Waals surface area contributed by atoms with Crippen LogP contribution in [0.1, 0.15) is 26.7 Å². The van der Waals surface area contributed by atoms with E-state index in [0.717, 1.165) is 5.56 Å². The van der Waals surface area contributed by atoms with E-state index in [1.54, 1.807) is 24.3 Å². The number of hydrogen-bond donors (Lipinski definition) is 1. The second kappa shape index (κ2) is 7.01. The van der Waals surface area contributed by atoms with Gasteiger partial charge in [-0.25, -0.2) is 4.39 Å². The van der Waals surface area contributed by atoms with E-state index in [1.807, 2.05) is 35.5 Å². The third kappa shape index (κ3) is 2.68. The molecule has 2 aliphatic rings. The highest BCUT2D eigenvalue weighted by atomic mass is 35.5. The fourth-order valence-electron chi connectivity index (χ4n) is 4.99. The fraction of sp³-hybridized carbons (Fsp3) is 0.217. The quantitative estimate of drug-likeness (QED) is 0.588. The van der Waals surface area contributed by atoms with Crippen molar-refractivity contribution in [3.05, 3.63) is 86.8 Å². The van der Waals surface area contributed by atoms with Gasteiger partial charge >= 0.3 is 0 Å². The summed E-state index contributed by atoms with van der Waals surface area (Å²) in [5, 5.41) is 5.33. The van der Waals surface area contributed by atoms with Gasteiger partial charge in [0, 0.05) is 28.7 Å². The number of hydrogen-bond acceptors (Lipinski definition) is 4. The monoisotopic (exact) mass is 440 g/mol. The number of likely N-dealkylation sites (tertiary alicyclic amines) is 1. The lowest BCUT2D eigenvalue weighted by molar-refractivity contribution is -0.126. The first kappa shape index (κ1) is 19.4. The molecule has 3 atom stereocenters. The maximum Gasteiger partial charge on any atom is 0.250 e. The normalized spacial score (nSPS) is 25.5. The van der Waals surface area contributed by atoms with Gasteiger partial charge in [0.05, 0.1) is 10.8 Å². The summed E-state index contributed by atoms with van der Waals surface area (Å²) >= 11 is 7.43. The van der Waals surface area contributed by atoms with E-state index < -0.39 is 17.3 Å². The number of thiophene rings is 1. The number of carbonyl (C=O) groups is 2. The first-order valence-corrected chi connectivity index (χ1v) is 10.8. The SMILES string of the molecule is CN1C[C@H](c2ccc(Cl)cc2)C(C(=O)c2cccs2)[C@]12C(=O)Nc1ccc(F)cc12. The molecule has 1 spiro atoms. The minimum Gasteiger partial charge on any atom is -0.324 e. The highest BCUT2D eigenvalue weighted by molar-refractivity contribution is 7.12. The van der Waals surface area contributed by atoms with Crippen molar-refractivity contribution in [3.63, 3.8) is 0 Å². The van der Waals surface area contributed by atoms with Gasteiger partial charge in [0.15, 0.2) is 5.78 Å². The molecule has 5 rings (SSSR count). The average Bonchev–Trinajstić information content (AvgIpc) is 3.42. The summed E-state index contributed by atoms with van der Waals surface area (Å²) in [6, 6.07) is 15.2. The van der Waals surface area contributed by atoms with Crippen LogP contribution in [0, 0.1) is 11.7 Å². The van der Waals surface area contributed by atoms with E-state index in [9.17, 15) is 14.0 Å². The van der Waals surface area contributed by atoms with Crippen molar-refractivity contribution in [1.29, 1.82) is 0 Å². The molecule has 30 heavy (non-hydrogen) atoms. The Kier molecular flexibility index (Phi) is 4.54. The molecule has 0 aliphatic carbocycles. The lowest BCUT2D eigenvalue weighted by atomic mass is 9.71. The number of carbonyl (C=O) groups excluding carboxylic acids is 2. The van der Waals surface area contributed by atoms with Gasteiger partial charge < -0.3 is 5.32 Å². The third-order valence-electron chi connectivity index (χ3n) is 6.26. The number of nitrogens with zero attached hydrogens (tertiary/aromatic N) is 1. The zero-order valence-corrected chi connectivity index (χ0v) is 17.6. The Balaban J connectivity index is 1.74. The smallest absolute Gasteiger partial charge is 0.250 e. The highest BCUT2D eigenvalue weighted by Gasteiger charge is 2.64. The maximum atomic E-state index is 14.3. The van der Waals surface area contributed by atoms with E-state index in [4.69, 9.17) is 11.6 Å². The Morgan fingerprint density at radius 3 is 2.70 bits per heavy atom. The predicted octanol–water partition coefficient (Wildman–Crippen LogP) is 4.92.